The van der Waals surface area contributed by atoms with Crippen LogP contribution in [0, 0.1) is 12.8 Å². The van der Waals surface area contributed by atoms with Crippen molar-refractivity contribution in [3.63, 3.8) is 0 Å². The van der Waals surface area contributed by atoms with Crippen molar-refractivity contribution in [3.8, 4) is 11.1 Å². The number of thioether (sulfide) groups is 1. The van der Waals surface area contributed by atoms with E-state index in [1.54, 1.807) is 6.07 Å². The highest BCUT2D eigenvalue weighted by atomic mass is 32.2. The number of rotatable bonds is 15. The fourth-order valence-corrected chi connectivity index (χ4v) is 6.57. The first-order chi connectivity index (χ1) is 18.8. The molecule has 3 rings (SSSR count). The SMILES string of the molecule is CCS(=O)C[C@H](CC1CCCCC1)OCc1ccc(C(=O)N[C@@H](CCSC)C(=O)[O-])c(-c2ccccc2C)c1. The molecule has 1 aliphatic rings. The quantitative estimate of drug-likeness (QED) is 0.327. The molecule has 0 aromatic heterocycles. The van der Waals surface area contributed by atoms with Gasteiger partial charge in [-0.3, -0.25) is 9.00 Å². The summed E-state index contributed by atoms with van der Waals surface area (Å²) in [5, 5.41) is 14.3. The Morgan fingerprint density at radius 3 is 2.54 bits per heavy atom. The van der Waals surface area contributed by atoms with Gasteiger partial charge in [0.15, 0.2) is 0 Å². The first kappa shape index (κ1) is 31.4. The summed E-state index contributed by atoms with van der Waals surface area (Å²) in [6, 6.07) is 12.3. The highest BCUT2D eigenvalue weighted by Crippen LogP contribution is 2.31. The van der Waals surface area contributed by atoms with Crippen LogP contribution in [0.3, 0.4) is 0 Å². The zero-order chi connectivity index (χ0) is 28.2. The second-order valence-corrected chi connectivity index (χ2v) is 13.2. The Kier molecular flexibility index (Phi) is 13.0. The average Bonchev–Trinajstić information content (AvgIpc) is 2.94. The molecule has 1 fully saturated rings. The highest BCUT2D eigenvalue weighted by Gasteiger charge is 2.23. The number of ether oxygens (including phenoxy) is 1. The summed E-state index contributed by atoms with van der Waals surface area (Å²) in [5.74, 6) is 0.658. The van der Waals surface area contributed by atoms with E-state index in [0.29, 0.717) is 41.8 Å². The molecule has 0 saturated heterocycles. The fourth-order valence-electron chi connectivity index (χ4n) is 5.22. The molecule has 214 valence electrons. The lowest BCUT2D eigenvalue weighted by molar-refractivity contribution is -0.308. The van der Waals surface area contributed by atoms with Crippen LogP contribution in [-0.2, 0) is 26.9 Å². The summed E-state index contributed by atoms with van der Waals surface area (Å²) in [7, 11) is -0.911. The number of hydrogen-bond acceptors (Lipinski definition) is 6. The molecule has 8 heteroatoms. The average molecular weight is 573 g/mol. The molecule has 0 spiro atoms. The van der Waals surface area contributed by atoms with Crippen LogP contribution >= 0.6 is 11.8 Å². The Labute approximate surface area is 240 Å². The van der Waals surface area contributed by atoms with E-state index in [1.165, 1.54) is 43.9 Å². The van der Waals surface area contributed by atoms with E-state index < -0.39 is 28.7 Å². The predicted octanol–water partition coefficient (Wildman–Crippen LogP) is 4.89. The first-order valence-electron chi connectivity index (χ1n) is 14.0. The topological polar surface area (TPSA) is 95.5 Å². The summed E-state index contributed by atoms with van der Waals surface area (Å²) < 4.78 is 18.8. The largest absolute Gasteiger partial charge is 0.548 e. The van der Waals surface area contributed by atoms with Crippen LogP contribution in [0.5, 0.6) is 0 Å². The number of hydrogen-bond donors (Lipinski definition) is 1. The molecule has 0 bridgehead atoms. The van der Waals surface area contributed by atoms with Gasteiger partial charge in [0, 0.05) is 27.9 Å². The van der Waals surface area contributed by atoms with Crippen molar-refractivity contribution in [1.29, 1.82) is 0 Å². The molecule has 1 amide bonds. The Morgan fingerprint density at radius 1 is 1.13 bits per heavy atom. The van der Waals surface area contributed by atoms with Crippen LogP contribution in [0.15, 0.2) is 42.5 Å². The standard InChI is InChI=1S/C31H43NO5S2/c1-4-39(36)21-25(18-23-11-6-5-7-12-23)37-20-24-14-15-27(28(19-24)26-13-9-8-10-22(26)2)30(33)32-29(31(34)35)16-17-38-3/h8-10,13-15,19,23,25,29H,4-7,11-12,16-18,20-21H2,1-3H3,(H,32,33)(H,34,35)/p-1/t25-,29-,39?/m0/s1. The second-order valence-electron chi connectivity index (χ2n) is 10.4. The maximum atomic E-state index is 13.3. The minimum Gasteiger partial charge on any atom is -0.548 e. The van der Waals surface area contributed by atoms with Gasteiger partial charge in [-0.05, 0) is 72.1 Å². The molecular formula is C31H42NO5S2-. The van der Waals surface area contributed by atoms with E-state index in [0.717, 1.165) is 28.7 Å². The van der Waals surface area contributed by atoms with Gasteiger partial charge < -0.3 is 20.0 Å². The van der Waals surface area contributed by atoms with Gasteiger partial charge in [0.2, 0.25) is 0 Å². The lowest BCUT2D eigenvalue weighted by Crippen LogP contribution is -2.48. The zero-order valence-electron chi connectivity index (χ0n) is 23.4. The Hall–Kier alpha value is -2.16. The summed E-state index contributed by atoms with van der Waals surface area (Å²) in [6.07, 6.45) is 9.28. The molecule has 0 radical (unpaired) electrons. The molecule has 1 saturated carbocycles. The van der Waals surface area contributed by atoms with Gasteiger partial charge in [0.1, 0.15) is 0 Å². The molecule has 0 heterocycles. The van der Waals surface area contributed by atoms with Gasteiger partial charge in [-0.15, -0.1) is 0 Å². The van der Waals surface area contributed by atoms with Gasteiger partial charge in [-0.2, -0.15) is 11.8 Å². The molecule has 2 aromatic rings. The smallest absolute Gasteiger partial charge is 0.252 e. The molecule has 1 aliphatic carbocycles. The number of carboxylic acid groups (broad SMARTS) is 1. The fraction of sp³-hybridized carbons (Fsp3) is 0.548. The lowest BCUT2D eigenvalue weighted by atomic mass is 9.85. The highest BCUT2D eigenvalue weighted by molar-refractivity contribution is 7.98. The number of amides is 1. The molecule has 3 atom stereocenters. The number of aryl methyl sites for hydroxylation is 1. The van der Waals surface area contributed by atoms with Crippen molar-refractivity contribution in [2.75, 3.05) is 23.5 Å². The molecule has 6 nitrogen and oxygen atoms in total. The van der Waals surface area contributed by atoms with Gasteiger partial charge in [-0.1, -0.05) is 69.4 Å². The number of aliphatic carboxylic acids is 1. The Morgan fingerprint density at radius 2 is 1.87 bits per heavy atom. The van der Waals surface area contributed by atoms with Crippen LogP contribution in [0.25, 0.3) is 11.1 Å². The first-order valence-corrected chi connectivity index (χ1v) is 16.9. The van der Waals surface area contributed by atoms with E-state index in [9.17, 15) is 18.9 Å². The number of benzene rings is 2. The van der Waals surface area contributed by atoms with E-state index in [2.05, 4.69) is 5.32 Å². The minimum absolute atomic E-state index is 0.0703. The molecule has 1 N–H and O–H groups in total. The normalized spacial score (nSPS) is 16.4. The minimum atomic E-state index is -1.28. The Balaban J connectivity index is 1.84. The maximum absolute atomic E-state index is 13.3. The van der Waals surface area contributed by atoms with E-state index >= 15 is 0 Å². The van der Waals surface area contributed by atoms with Crippen molar-refractivity contribution >= 4 is 34.4 Å². The predicted molar refractivity (Wildman–Crippen MR) is 159 cm³/mol. The molecule has 39 heavy (non-hydrogen) atoms. The number of nitrogens with one attached hydrogen (secondary N) is 1. The summed E-state index contributed by atoms with van der Waals surface area (Å²) >= 11 is 1.52. The number of carboxylic acids is 1. The molecule has 2 aromatic carbocycles. The monoisotopic (exact) mass is 572 g/mol. The third-order valence-corrected chi connectivity index (χ3v) is 9.50. The van der Waals surface area contributed by atoms with Gasteiger partial charge in [-0.25, -0.2) is 0 Å². The van der Waals surface area contributed by atoms with Crippen LogP contribution in [0.1, 0.15) is 73.4 Å². The van der Waals surface area contributed by atoms with E-state index in [4.69, 9.17) is 4.74 Å². The summed E-state index contributed by atoms with van der Waals surface area (Å²) in [6.45, 7) is 4.29. The van der Waals surface area contributed by atoms with Crippen molar-refractivity contribution in [2.45, 2.75) is 77.5 Å². The molecular weight excluding hydrogens is 530 g/mol. The maximum Gasteiger partial charge on any atom is 0.252 e. The van der Waals surface area contributed by atoms with Crippen LogP contribution < -0.4 is 10.4 Å². The van der Waals surface area contributed by atoms with Crippen LogP contribution in [0.2, 0.25) is 0 Å². The number of carbonyl (C=O) groups excluding carboxylic acids is 2. The third-order valence-electron chi connectivity index (χ3n) is 7.46. The zero-order valence-corrected chi connectivity index (χ0v) is 25.0. The van der Waals surface area contributed by atoms with Gasteiger partial charge >= 0.3 is 0 Å². The molecule has 0 aliphatic heterocycles. The van der Waals surface area contributed by atoms with Crippen molar-refractivity contribution < 1.29 is 23.6 Å². The van der Waals surface area contributed by atoms with Gasteiger partial charge in [0.05, 0.1) is 24.7 Å². The van der Waals surface area contributed by atoms with Crippen molar-refractivity contribution in [2.24, 2.45) is 5.92 Å². The van der Waals surface area contributed by atoms with Crippen molar-refractivity contribution in [1.82, 2.24) is 5.32 Å². The Bertz CT molecular complexity index is 1120. The van der Waals surface area contributed by atoms with Crippen LogP contribution in [-0.4, -0.2) is 51.7 Å². The van der Waals surface area contributed by atoms with E-state index in [-0.39, 0.29) is 6.10 Å². The van der Waals surface area contributed by atoms with Crippen molar-refractivity contribution in [3.05, 3.63) is 59.2 Å². The summed E-state index contributed by atoms with van der Waals surface area (Å²) in [4.78, 5) is 25.0. The number of carbonyl (C=O) groups is 2. The molecule has 1 unspecified atom stereocenters. The lowest BCUT2D eigenvalue weighted by Gasteiger charge is -2.26. The van der Waals surface area contributed by atoms with E-state index in [1.807, 2.05) is 56.5 Å². The summed E-state index contributed by atoms with van der Waals surface area (Å²) in [5.41, 5.74) is 3.98. The third kappa shape index (κ3) is 9.76. The van der Waals surface area contributed by atoms with Gasteiger partial charge in [0.25, 0.3) is 5.91 Å². The second kappa shape index (κ2) is 16.2. The van der Waals surface area contributed by atoms with Crippen LogP contribution in [0.4, 0.5) is 0 Å².